The zero-order chi connectivity index (χ0) is 12.5. The largest absolute Gasteiger partial charge is 0.388 e. The van der Waals surface area contributed by atoms with Crippen LogP contribution in [0.15, 0.2) is 0 Å². The summed E-state index contributed by atoms with van der Waals surface area (Å²) in [6.07, 6.45) is -4.64. The van der Waals surface area contributed by atoms with Crippen LogP contribution in [-0.2, 0) is 4.74 Å². The van der Waals surface area contributed by atoms with Crippen molar-refractivity contribution in [1.82, 2.24) is 0 Å². The molecule has 1 heterocycles. The average Bonchev–Trinajstić information content (AvgIpc) is 2.22. The van der Waals surface area contributed by atoms with E-state index in [1.54, 1.807) is 0 Å². The molecule has 0 amide bonds. The van der Waals surface area contributed by atoms with Crippen molar-refractivity contribution >= 4 is 0 Å². The third kappa shape index (κ3) is 2.93. The second-order valence-electron chi connectivity index (χ2n) is 5.26. The first-order chi connectivity index (χ1) is 7.28. The van der Waals surface area contributed by atoms with Crippen LogP contribution >= 0.6 is 0 Å². The molecule has 1 aliphatic rings. The van der Waals surface area contributed by atoms with Crippen molar-refractivity contribution in [2.75, 3.05) is 0 Å². The number of hydrogen-bond acceptors (Lipinski definition) is 5. The van der Waals surface area contributed by atoms with Crippen LogP contribution in [-0.4, -0.2) is 51.1 Å². The molecule has 5 unspecified atom stereocenters. The maximum Gasteiger partial charge on any atom is 0.183 e. The van der Waals surface area contributed by atoms with Crippen molar-refractivity contribution in [3.63, 3.8) is 0 Å². The van der Waals surface area contributed by atoms with Crippen molar-refractivity contribution in [3.05, 3.63) is 0 Å². The van der Waals surface area contributed by atoms with E-state index in [1.165, 1.54) is 0 Å². The van der Waals surface area contributed by atoms with Gasteiger partial charge in [-0.25, -0.2) is 0 Å². The van der Waals surface area contributed by atoms with Gasteiger partial charge in [0, 0.05) is 0 Å². The molecule has 0 aromatic heterocycles. The Bertz CT molecular complexity index is 230. The van der Waals surface area contributed by atoms with Crippen LogP contribution in [0.5, 0.6) is 0 Å². The van der Waals surface area contributed by atoms with Gasteiger partial charge in [0.15, 0.2) is 6.29 Å². The Balaban J connectivity index is 2.67. The summed E-state index contributed by atoms with van der Waals surface area (Å²) in [6.45, 7) is 6.07. The molecule has 0 aromatic carbocycles. The van der Waals surface area contributed by atoms with E-state index in [0.717, 1.165) is 6.42 Å². The molecule has 16 heavy (non-hydrogen) atoms. The predicted molar refractivity (Wildman–Crippen MR) is 57.6 cm³/mol. The Kier molecular flexibility index (Phi) is 4.31. The van der Waals surface area contributed by atoms with Crippen LogP contribution in [0.25, 0.3) is 0 Å². The predicted octanol–water partition coefficient (Wildman–Crippen LogP) is -0.387. The highest BCUT2D eigenvalue weighted by Gasteiger charge is 2.44. The molecule has 1 saturated heterocycles. The molecule has 5 heteroatoms. The first-order valence-electron chi connectivity index (χ1n) is 5.66. The minimum Gasteiger partial charge on any atom is -0.388 e. The van der Waals surface area contributed by atoms with Gasteiger partial charge in [-0.2, -0.15) is 0 Å². The lowest BCUT2D eigenvalue weighted by Gasteiger charge is -2.41. The van der Waals surface area contributed by atoms with Gasteiger partial charge in [0.2, 0.25) is 0 Å². The molecule has 4 N–H and O–H groups in total. The van der Waals surface area contributed by atoms with E-state index < -0.39 is 30.7 Å². The second-order valence-corrected chi connectivity index (χ2v) is 5.26. The summed E-state index contributed by atoms with van der Waals surface area (Å²) < 4.78 is 5.11. The van der Waals surface area contributed by atoms with Crippen LogP contribution < -0.4 is 0 Å². The van der Waals surface area contributed by atoms with Crippen LogP contribution in [0.4, 0.5) is 0 Å². The van der Waals surface area contributed by atoms with Crippen molar-refractivity contribution in [3.8, 4) is 0 Å². The van der Waals surface area contributed by atoms with Crippen molar-refractivity contribution in [2.24, 2.45) is 5.41 Å². The summed E-state index contributed by atoms with van der Waals surface area (Å²) >= 11 is 0. The van der Waals surface area contributed by atoms with Crippen LogP contribution in [0, 0.1) is 5.41 Å². The fourth-order valence-corrected chi connectivity index (χ4v) is 1.79. The van der Waals surface area contributed by atoms with Gasteiger partial charge < -0.3 is 25.2 Å². The highest BCUT2D eigenvalue weighted by molar-refractivity contribution is 4.90. The summed E-state index contributed by atoms with van der Waals surface area (Å²) in [5, 5.41) is 37.9. The molecule has 0 aliphatic carbocycles. The Morgan fingerprint density at radius 1 is 1.00 bits per heavy atom. The SMILES string of the molecule is CCC(C)(C)CC1OC(O)C(O)C(O)C1O. The summed E-state index contributed by atoms with van der Waals surface area (Å²) in [5.41, 5.74) is -0.0482. The van der Waals surface area contributed by atoms with Crippen molar-refractivity contribution in [2.45, 2.75) is 64.3 Å². The van der Waals surface area contributed by atoms with Gasteiger partial charge in [-0.15, -0.1) is 0 Å². The van der Waals surface area contributed by atoms with Gasteiger partial charge in [-0.3, -0.25) is 0 Å². The number of aliphatic hydroxyl groups excluding tert-OH is 4. The molecular formula is C11H22O5. The van der Waals surface area contributed by atoms with Gasteiger partial charge in [-0.05, 0) is 11.8 Å². The molecule has 5 nitrogen and oxygen atoms in total. The molecule has 0 aromatic rings. The summed E-state index contributed by atoms with van der Waals surface area (Å²) in [5.74, 6) is 0. The molecule has 96 valence electrons. The molecular weight excluding hydrogens is 212 g/mol. The number of ether oxygens (including phenoxy) is 1. The van der Waals surface area contributed by atoms with Crippen LogP contribution in [0.1, 0.15) is 33.6 Å². The van der Waals surface area contributed by atoms with Crippen LogP contribution in [0.3, 0.4) is 0 Å². The van der Waals surface area contributed by atoms with E-state index in [1.807, 2.05) is 20.8 Å². The van der Waals surface area contributed by atoms with E-state index in [0.29, 0.717) is 6.42 Å². The van der Waals surface area contributed by atoms with E-state index >= 15 is 0 Å². The first-order valence-corrected chi connectivity index (χ1v) is 5.66. The lowest BCUT2D eigenvalue weighted by molar-refractivity contribution is -0.286. The van der Waals surface area contributed by atoms with Crippen molar-refractivity contribution < 1.29 is 25.2 Å². The van der Waals surface area contributed by atoms with Gasteiger partial charge in [-0.1, -0.05) is 27.2 Å². The van der Waals surface area contributed by atoms with Gasteiger partial charge >= 0.3 is 0 Å². The smallest absolute Gasteiger partial charge is 0.183 e. The van der Waals surface area contributed by atoms with E-state index in [2.05, 4.69) is 0 Å². The van der Waals surface area contributed by atoms with E-state index in [9.17, 15) is 20.4 Å². The number of rotatable bonds is 3. The molecule has 0 saturated carbocycles. The highest BCUT2D eigenvalue weighted by atomic mass is 16.6. The Labute approximate surface area is 95.7 Å². The third-order valence-electron chi connectivity index (χ3n) is 3.40. The molecule has 1 fully saturated rings. The normalized spacial score (nSPS) is 41.1. The molecule has 0 spiro atoms. The van der Waals surface area contributed by atoms with Gasteiger partial charge in [0.1, 0.15) is 18.3 Å². The van der Waals surface area contributed by atoms with Gasteiger partial charge in [0.05, 0.1) is 6.10 Å². The van der Waals surface area contributed by atoms with E-state index in [-0.39, 0.29) is 5.41 Å². The fourth-order valence-electron chi connectivity index (χ4n) is 1.79. The lowest BCUT2D eigenvalue weighted by atomic mass is 9.81. The third-order valence-corrected chi connectivity index (χ3v) is 3.40. The molecule has 1 rings (SSSR count). The highest BCUT2D eigenvalue weighted by Crippen LogP contribution is 2.32. The summed E-state index contributed by atoms with van der Waals surface area (Å²) in [6, 6.07) is 0. The minimum absolute atomic E-state index is 0.0482. The molecule has 0 radical (unpaired) electrons. The summed E-state index contributed by atoms with van der Waals surface area (Å²) in [4.78, 5) is 0. The van der Waals surface area contributed by atoms with Gasteiger partial charge in [0.25, 0.3) is 0 Å². The Hall–Kier alpha value is -0.200. The topological polar surface area (TPSA) is 90.2 Å². The minimum atomic E-state index is -1.45. The summed E-state index contributed by atoms with van der Waals surface area (Å²) in [7, 11) is 0. The first kappa shape index (κ1) is 13.9. The maximum absolute atomic E-state index is 9.74. The maximum atomic E-state index is 9.74. The molecule has 0 bridgehead atoms. The Morgan fingerprint density at radius 2 is 1.56 bits per heavy atom. The average molecular weight is 234 g/mol. The second kappa shape index (κ2) is 4.98. The standard InChI is InChI=1S/C11H22O5/c1-4-11(2,3)5-6-7(12)8(13)9(14)10(15)16-6/h6-10,12-15H,4-5H2,1-3H3. The van der Waals surface area contributed by atoms with Crippen molar-refractivity contribution in [1.29, 1.82) is 0 Å². The van der Waals surface area contributed by atoms with Crippen LogP contribution in [0.2, 0.25) is 0 Å². The number of hydrogen-bond donors (Lipinski definition) is 4. The quantitative estimate of drug-likeness (QED) is 0.534. The monoisotopic (exact) mass is 234 g/mol. The zero-order valence-electron chi connectivity index (χ0n) is 10.00. The molecule has 5 atom stereocenters. The lowest BCUT2D eigenvalue weighted by Crippen LogP contribution is -2.58. The fraction of sp³-hybridized carbons (Fsp3) is 1.00. The Morgan fingerprint density at radius 3 is 2.06 bits per heavy atom. The zero-order valence-corrected chi connectivity index (χ0v) is 10.00. The van der Waals surface area contributed by atoms with E-state index in [4.69, 9.17) is 4.74 Å². The molecule has 1 aliphatic heterocycles. The number of aliphatic hydroxyl groups is 4.